The summed E-state index contributed by atoms with van der Waals surface area (Å²) in [7, 11) is 0. The molecule has 7 heteroatoms. The van der Waals surface area contributed by atoms with Gasteiger partial charge in [-0.05, 0) is 46.4 Å². The number of aromatic nitrogens is 2. The molecule has 4 aromatic rings. The quantitative estimate of drug-likeness (QED) is 0.143. The first-order valence-corrected chi connectivity index (χ1v) is 12.2. The fraction of sp³-hybridized carbons (Fsp3) is 0.0769. The highest BCUT2D eigenvalue weighted by molar-refractivity contribution is 8.01. The molecule has 0 aliphatic heterocycles. The number of benzene rings is 3. The van der Waals surface area contributed by atoms with E-state index in [0.717, 1.165) is 12.0 Å². The maximum atomic E-state index is 12.8. The molecule has 0 bridgehead atoms. The van der Waals surface area contributed by atoms with Gasteiger partial charge in [0, 0.05) is 11.6 Å². The fourth-order valence-corrected chi connectivity index (χ4v) is 5.38. The second-order valence-corrected chi connectivity index (χ2v) is 9.72. The summed E-state index contributed by atoms with van der Waals surface area (Å²) in [5.74, 6) is 0.0366. The molecule has 0 atom stereocenters. The number of fused-ring (bicyclic) bond motifs is 3. The largest absolute Gasteiger partial charge is 0.297 e. The Labute approximate surface area is 199 Å². The topological polar surface area (TPSA) is 72.0 Å². The van der Waals surface area contributed by atoms with Crippen LogP contribution in [0.2, 0.25) is 0 Å². The maximum Gasteiger partial charge on any atom is 0.250 e. The lowest BCUT2D eigenvalue weighted by atomic mass is 10.0. The number of nitrogens with one attached hydrogen (secondary N) is 1. The lowest BCUT2D eigenvalue weighted by molar-refractivity contribution is -0.111. The van der Waals surface area contributed by atoms with E-state index in [4.69, 9.17) is 0 Å². The van der Waals surface area contributed by atoms with Crippen molar-refractivity contribution >= 4 is 46.0 Å². The van der Waals surface area contributed by atoms with Crippen molar-refractivity contribution < 1.29 is 9.59 Å². The monoisotopic (exact) mass is 469 g/mol. The van der Waals surface area contributed by atoms with Gasteiger partial charge in [-0.1, -0.05) is 89.8 Å². The third kappa shape index (κ3) is 4.94. The van der Waals surface area contributed by atoms with Gasteiger partial charge in [0.2, 0.25) is 11.0 Å². The first-order chi connectivity index (χ1) is 16.2. The summed E-state index contributed by atoms with van der Waals surface area (Å²) in [6.45, 7) is 0. The van der Waals surface area contributed by atoms with Gasteiger partial charge in [-0.15, -0.1) is 10.2 Å². The highest BCUT2D eigenvalue weighted by atomic mass is 32.2. The van der Waals surface area contributed by atoms with Crippen LogP contribution in [-0.2, 0) is 11.2 Å². The number of hydrogen-bond acceptors (Lipinski definition) is 6. The van der Waals surface area contributed by atoms with E-state index in [0.29, 0.717) is 15.0 Å². The molecule has 0 spiro atoms. The second-order valence-electron chi connectivity index (χ2n) is 7.52. The summed E-state index contributed by atoms with van der Waals surface area (Å²) in [6.07, 6.45) is 4.05. The standard InChI is InChI=1S/C26H19N3O2S2/c30-23(19-11-12-22-20(15-19)14-18-8-4-5-9-21(18)22)16-32-26-29-28-25(33-26)27-24(31)13-10-17-6-2-1-3-7-17/h1-13,15H,14,16H2,(H,27,28,31). The smallest absolute Gasteiger partial charge is 0.250 e. The number of Topliss-reactive ketones (excluding diaryl/α,β-unsaturated/α-hetero) is 1. The van der Waals surface area contributed by atoms with E-state index in [2.05, 4.69) is 27.6 Å². The van der Waals surface area contributed by atoms with Crippen LogP contribution in [0.15, 0.2) is 83.2 Å². The molecule has 0 fully saturated rings. The molecule has 3 aromatic carbocycles. The average Bonchev–Trinajstić information content (AvgIpc) is 3.45. The van der Waals surface area contributed by atoms with Crippen molar-refractivity contribution in [3.63, 3.8) is 0 Å². The third-order valence-corrected chi connectivity index (χ3v) is 7.28. The number of thioether (sulfide) groups is 1. The second kappa shape index (κ2) is 9.52. The van der Waals surface area contributed by atoms with Crippen molar-refractivity contribution in [3.05, 3.63) is 101 Å². The van der Waals surface area contributed by atoms with Crippen LogP contribution >= 0.6 is 23.1 Å². The van der Waals surface area contributed by atoms with Gasteiger partial charge in [-0.25, -0.2) is 0 Å². The Kier molecular flexibility index (Phi) is 6.15. The number of carbonyl (C=O) groups excluding carboxylic acids is 2. The van der Waals surface area contributed by atoms with E-state index >= 15 is 0 Å². The molecule has 5 nitrogen and oxygen atoms in total. The van der Waals surface area contributed by atoms with Gasteiger partial charge in [-0.3, -0.25) is 14.9 Å². The summed E-state index contributed by atoms with van der Waals surface area (Å²) in [4.78, 5) is 24.9. The van der Waals surface area contributed by atoms with E-state index in [1.807, 2.05) is 60.7 Å². The predicted molar refractivity (Wildman–Crippen MR) is 134 cm³/mol. The molecule has 1 aliphatic carbocycles. The van der Waals surface area contributed by atoms with Crippen LogP contribution in [0.1, 0.15) is 27.0 Å². The Morgan fingerprint density at radius 1 is 0.939 bits per heavy atom. The number of ketones is 1. The predicted octanol–water partition coefficient (Wildman–Crippen LogP) is 5.74. The van der Waals surface area contributed by atoms with Gasteiger partial charge in [0.15, 0.2) is 10.1 Å². The lowest BCUT2D eigenvalue weighted by Crippen LogP contribution is -2.07. The molecule has 5 rings (SSSR count). The molecule has 33 heavy (non-hydrogen) atoms. The molecule has 1 amide bonds. The van der Waals surface area contributed by atoms with E-state index in [-0.39, 0.29) is 17.4 Å². The van der Waals surface area contributed by atoms with E-state index in [1.54, 1.807) is 6.08 Å². The Morgan fingerprint density at radius 2 is 1.73 bits per heavy atom. The van der Waals surface area contributed by atoms with E-state index < -0.39 is 0 Å². The molecule has 0 unspecified atom stereocenters. The summed E-state index contributed by atoms with van der Waals surface area (Å²) in [6, 6.07) is 23.9. The molecule has 0 radical (unpaired) electrons. The molecule has 0 saturated heterocycles. The van der Waals surface area contributed by atoms with Gasteiger partial charge < -0.3 is 0 Å². The van der Waals surface area contributed by atoms with Crippen molar-refractivity contribution in [3.8, 4) is 11.1 Å². The Morgan fingerprint density at radius 3 is 2.61 bits per heavy atom. The van der Waals surface area contributed by atoms with Gasteiger partial charge in [-0.2, -0.15) is 0 Å². The van der Waals surface area contributed by atoms with Crippen LogP contribution < -0.4 is 5.32 Å². The minimum Gasteiger partial charge on any atom is -0.297 e. The lowest BCUT2D eigenvalue weighted by Gasteiger charge is -2.04. The minimum absolute atomic E-state index is 0.0466. The summed E-state index contributed by atoms with van der Waals surface area (Å²) in [5, 5.41) is 11.2. The van der Waals surface area contributed by atoms with Crippen molar-refractivity contribution in [2.75, 3.05) is 11.1 Å². The van der Waals surface area contributed by atoms with Crippen molar-refractivity contribution in [1.29, 1.82) is 0 Å². The highest BCUT2D eigenvalue weighted by Crippen LogP contribution is 2.37. The Balaban J connectivity index is 1.16. The normalized spacial score (nSPS) is 11.9. The fourth-order valence-electron chi connectivity index (χ4n) is 3.73. The maximum absolute atomic E-state index is 12.8. The highest BCUT2D eigenvalue weighted by Gasteiger charge is 2.19. The van der Waals surface area contributed by atoms with Gasteiger partial charge in [0.05, 0.1) is 5.75 Å². The zero-order valence-corrected chi connectivity index (χ0v) is 19.2. The summed E-state index contributed by atoms with van der Waals surface area (Å²) in [5.41, 5.74) is 6.60. The molecule has 1 heterocycles. The van der Waals surface area contributed by atoms with Crippen LogP contribution in [0, 0.1) is 0 Å². The molecular formula is C26H19N3O2S2. The Hall–Kier alpha value is -3.55. The van der Waals surface area contributed by atoms with Crippen molar-refractivity contribution in [2.24, 2.45) is 0 Å². The van der Waals surface area contributed by atoms with Crippen LogP contribution in [0.3, 0.4) is 0 Å². The molecule has 1 aromatic heterocycles. The van der Waals surface area contributed by atoms with Crippen LogP contribution in [-0.4, -0.2) is 27.6 Å². The number of nitrogens with zero attached hydrogens (tertiary/aromatic N) is 2. The zero-order valence-electron chi connectivity index (χ0n) is 17.5. The number of amides is 1. The van der Waals surface area contributed by atoms with Gasteiger partial charge in [0.1, 0.15) is 0 Å². The van der Waals surface area contributed by atoms with Crippen LogP contribution in [0.4, 0.5) is 5.13 Å². The van der Waals surface area contributed by atoms with Crippen LogP contribution in [0.5, 0.6) is 0 Å². The number of anilines is 1. The molecule has 1 N–H and O–H groups in total. The first-order valence-electron chi connectivity index (χ1n) is 10.4. The van der Waals surface area contributed by atoms with Gasteiger partial charge >= 0.3 is 0 Å². The van der Waals surface area contributed by atoms with Crippen molar-refractivity contribution in [1.82, 2.24) is 10.2 Å². The first kappa shape index (κ1) is 21.3. The average molecular weight is 470 g/mol. The van der Waals surface area contributed by atoms with E-state index in [9.17, 15) is 9.59 Å². The molecule has 162 valence electrons. The number of carbonyl (C=O) groups is 2. The zero-order chi connectivity index (χ0) is 22.6. The molecular weight excluding hydrogens is 450 g/mol. The summed E-state index contributed by atoms with van der Waals surface area (Å²) >= 11 is 2.58. The van der Waals surface area contributed by atoms with Crippen molar-refractivity contribution in [2.45, 2.75) is 10.8 Å². The molecule has 1 aliphatic rings. The minimum atomic E-state index is -0.276. The van der Waals surface area contributed by atoms with Crippen LogP contribution in [0.25, 0.3) is 17.2 Å². The third-order valence-electron chi connectivity index (χ3n) is 5.31. The SMILES string of the molecule is O=C(C=Cc1ccccc1)Nc1nnc(SCC(=O)c2ccc3c(c2)Cc2ccccc2-3)s1. The number of hydrogen-bond donors (Lipinski definition) is 1. The van der Waals surface area contributed by atoms with E-state index in [1.165, 1.54) is 51.4 Å². The molecule has 0 saturated carbocycles. The Bertz CT molecular complexity index is 1360. The van der Waals surface area contributed by atoms with Gasteiger partial charge in [0.25, 0.3) is 0 Å². The number of rotatable bonds is 7. The summed E-state index contributed by atoms with van der Waals surface area (Å²) < 4.78 is 0.638.